The summed E-state index contributed by atoms with van der Waals surface area (Å²) >= 11 is 4.24. The van der Waals surface area contributed by atoms with Gasteiger partial charge in [-0.3, -0.25) is 9.69 Å². The van der Waals surface area contributed by atoms with Crippen LogP contribution in [0.5, 0.6) is 0 Å². The first-order valence-corrected chi connectivity index (χ1v) is 11.5. The molecule has 0 spiro atoms. The average molecular weight is 444 g/mol. The molecule has 3 aromatic heterocycles. The molecule has 1 aromatic carbocycles. The van der Waals surface area contributed by atoms with Crippen molar-refractivity contribution >= 4 is 51.2 Å². The quantitative estimate of drug-likeness (QED) is 0.384. The molecule has 0 bridgehead atoms. The van der Waals surface area contributed by atoms with Crippen LogP contribution in [0.25, 0.3) is 0 Å². The lowest BCUT2D eigenvalue weighted by Gasteiger charge is -2.19. The Balaban J connectivity index is 1.44. The molecule has 4 rings (SSSR count). The topological polar surface area (TPSA) is 85.0 Å². The Morgan fingerprint density at radius 1 is 1.10 bits per heavy atom. The number of carbonyl (C=O) groups is 1. The summed E-state index contributed by atoms with van der Waals surface area (Å²) in [6.07, 6.45) is 0.486. The van der Waals surface area contributed by atoms with E-state index in [1.165, 1.54) is 23.1 Å². The fraction of sp³-hybridized carbons (Fsp3) is 0.211. The van der Waals surface area contributed by atoms with E-state index in [-0.39, 0.29) is 11.7 Å². The molecule has 0 radical (unpaired) electrons. The van der Waals surface area contributed by atoms with Gasteiger partial charge in [-0.15, -0.1) is 32.9 Å². The zero-order chi connectivity index (χ0) is 20.2. The lowest BCUT2D eigenvalue weighted by atomic mass is 10.3. The number of benzene rings is 1. The van der Waals surface area contributed by atoms with E-state index in [0.29, 0.717) is 22.7 Å². The first kappa shape index (κ1) is 19.7. The summed E-state index contributed by atoms with van der Waals surface area (Å²) in [5.41, 5.74) is 2.56. The second kappa shape index (κ2) is 8.85. The van der Waals surface area contributed by atoms with Gasteiger partial charge in [-0.05, 0) is 26.0 Å². The van der Waals surface area contributed by atoms with E-state index in [1.807, 2.05) is 54.9 Å². The van der Waals surface area contributed by atoms with E-state index >= 15 is 0 Å². The number of carbonyl (C=O) groups excluding carboxylic acids is 1. The first-order valence-electron chi connectivity index (χ1n) is 8.75. The van der Waals surface area contributed by atoms with Gasteiger partial charge in [0, 0.05) is 10.8 Å². The number of aromatic nitrogens is 4. The summed E-state index contributed by atoms with van der Waals surface area (Å²) in [5.74, 6) is 0.538. The Bertz CT molecular complexity index is 1110. The van der Waals surface area contributed by atoms with E-state index in [0.717, 1.165) is 22.1 Å². The number of anilines is 2. The Labute approximate surface area is 179 Å². The van der Waals surface area contributed by atoms with E-state index in [2.05, 4.69) is 20.2 Å². The summed E-state index contributed by atoms with van der Waals surface area (Å²) in [6.45, 7) is 3.86. The molecule has 3 heterocycles. The fourth-order valence-electron chi connectivity index (χ4n) is 2.58. The largest absolute Gasteiger partial charge is 0.416 e. The Morgan fingerprint density at radius 2 is 1.93 bits per heavy atom. The molecule has 10 heteroatoms. The monoisotopic (exact) mass is 443 g/mol. The predicted molar refractivity (Wildman–Crippen MR) is 115 cm³/mol. The number of aryl methyl sites for hydroxylation is 2. The summed E-state index contributed by atoms with van der Waals surface area (Å²) in [7, 11) is 0. The van der Waals surface area contributed by atoms with Gasteiger partial charge in [-0.2, -0.15) is 0 Å². The lowest BCUT2D eigenvalue weighted by molar-refractivity contribution is -0.115. The molecular weight excluding hydrogens is 426 g/mol. The highest BCUT2D eigenvalue weighted by Gasteiger charge is 2.22. The van der Waals surface area contributed by atoms with Crippen molar-refractivity contribution in [1.82, 2.24) is 20.2 Å². The Hall–Kier alpha value is -2.56. The van der Waals surface area contributed by atoms with Gasteiger partial charge in [0.25, 0.3) is 5.22 Å². The van der Waals surface area contributed by atoms with Crippen LogP contribution in [0.15, 0.2) is 50.7 Å². The standard InChI is InChI=1S/C19H17N5O2S3/c1-12-9-28-18(20-12)24(15-6-4-3-5-7-15)17(25)11-29-19-23-22-16(26-19)8-14-10-27-13(2)21-14/h3-7,9-10H,8,11H2,1-2H3. The van der Waals surface area contributed by atoms with Crippen molar-refractivity contribution < 1.29 is 9.21 Å². The van der Waals surface area contributed by atoms with Gasteiger partial charge in [0.2, 0.25) is 11.8 Å². The molecular formula is C19H17N5O2S3. The molecule has 0 N–H and O–H groups in total. The van der Waals surface area contributed by atoms with Crippen LogP contribution in [-0.2, 0) is 11.2 Å². The van der Waals surface area contributed by atoms with Gasteiger partial charge < -0.3 is 4.42 Å². The summed E-state index contributed by atoms with van der Waals surface area (Å²) < 4.78 is 5.66. The minimum absolute atomic E-state index is 0.106. The highest BCUT2D eigenvalue weighted by Crippen LogP contribution is 2.30. The maximum Gasteiger partial charge on any atom is 0.277 e. The molecule has 0 aliphatic rings. The van der Waals surface area contributed by atoms with Crippen LogP contribution in [0.2, 0.25) is 0 Å². The van der Waals surface area contributed by atoms with Crippen LogP contribution >= 0.6 is 34.4 Å². The molecule has 7 nitrogen and oxygen atoms in total. The number of thiazole rings is 2. The number of thioether (sulfide) groups is 1. The molecule has 0 saturated carbocycles. The molecule has 0 unspecified atom stereocenters. The van der Waals surface area contributed by atoms with Gasteiger partial charge in [0.1, 0.15) is 0 Å². The Kier molecular flexibility index (Phi) is 6.02. The number of hydrogen-bond donors (Lipinski definition) is 0. The Morgan fingerprint density at radius 3 is 2.62 bits per heavy atom. The van der Waals surface area contributed by atoms with Crippen LogP contribution in [0.4, 0.5) is 10.8 Å². The van der Waals surface area contributed by atoms with Crippen molar-refractivity contribution in [2.75, 3.05) is 10.7 Å². The average Bonchev–Trinajstić information content (AvgIpc) is 3.44. The molecule has 0 aliphatic heterocycles. The third kappa shape index (κ3) is 4.89. The van der Waals surface area contributed by atoms with Gasteiger partial charge in [-0.25, -0.2) is 9.97 Å². The zero-order valence-corrected chi connectivity index (χ0v) is 18.2. The van der Waals surface area contributed by atoms with E-state index < -0.39 is 0 Å². The molecule has 4 aromatic rings. The van der Waals surface area contributed by atoms with Crippen molar-refractivity contribution in [3.8, 4) is 0 Å². The maximum absolute atomic E-state index is 13.0. The number of nitrogens with zero attached hydrogens (tertiary/aromatic N) is 5. The van der Waals surface area contributed by atoms with Gasteiger partial charge >= 0.3 is 0 Å². The summed E-state index contributed by atoms with van der Waals surface area (Å²) in [5, 5.41) is 14.0. The normalized spacial score (nSPS) is 11.0. The third-order valence-corrected chi connectivity index (χ3v) is 6.40. The third-order valence-electron chi connectivity index (χ3n) is 3.83. The maximum atomic E-state index is 13.0. The van der Waals surface area contributed by atoms with Gasteiger partial charge in [0.05, 0.1) is 34.3 Å². The number of rotatable bonds is 7. The molecule has 0 aliphatic carbocycles. The molecule has 0 atom stereocenters. The minimum Gasteiger partial charge on any atom is -0.416 e. The van der Waals surface area contributed by atoms with Gasteiger partial charge in [-0.1, -0.05) is 30.0 Å². The first-order chi connectivity index (χ1) is 14.1. The van der Waals surface area contributed by atoms with E-state index in [1.54, 1.807) is 16.2 Å². The van der Waals surface area contributed by atoms with Crippen molar-refractivity contribution in [1.29, 1.82) is 0 Å². The highest BCUT2D eigenvalue weighted by atomic mass is 32.2. The summed E-state index contributed by atoms with van der Waals surface area (Å²) in [6, 6.07) is 9.49. The SMILES string of the molecule is Cc1csc(N(C(=O)CSc2nnc(Cc3csc(C)n3)o2)c2ccccc2)n1. The van der Waals surface area contributed by atoms with Crippen molar-refractivity contribution in [2.24, 2.45) is 0 Å². The summed E-state index contributed by atoms with van der Waals surface area (Å²) in [4.78, 5) is 23.5. The van der Waals surface area contributed by atoms with Crippen LogP contribution in [0.3, 0.4) is 0 Å². The zero-order valence-electron chi connectivity index (χ0n) is 15.7. The molecule has 0 saturated heterocycles. The second-order valence-electron chi connectivity index (χ2n) is 6.12. The predicted octanol–water partition coefficient (Wildman–Crippen LogP) is 4.65. The lowest BCUT2D eigenvalue weighted by Crippen LogP contribution is -2.27. The van der Waals surface area contributed by atoms with Crippen molar-refractivity contribution in [2.45, 2.75) is 25.5 Å². The number of para-hydroxylation sites is 1. The van der Waals surface area contributed by atoms with Crippen LogP contribution < -0.4 is 4.90 Å². The molecule has 0 fully saturated rings. The number of amides is 1. The molecule has 29 heavy (non-hydrogen) atoms. The molecule has 148 valence electrons. The van der Waals surface area contributed by atoms with Crippen LogP contribution in [0.1, 0.15) is 22.3 Å². The van der Waals surface area contributed by atoms with Crippen molar-refractivity contribution in [3.05, 3.63) is 63.4 Å². The minimum atomic E-state index is -0.106. The second-order valence-corrected chi connectivity index (χ2v) is 8.95. The van der Waals surface area contributed by atoms with E-state index in [4.69, 9.17) is 4.42 Å². The van der Waals surface area contributed by atoms with Crippen molar-refractivity contribution in [3.63, 3.8) is 0 Å². The van der Waals surface area contributed by atoms with E-state index in [9.17, 15) is 4.79 Å². The fourth-order valence-corrected chi connectivity index (χ4v) is 4.66. The highest BCUT2D eigenvalue weighted by molar-refractivity contribution is 7.99. The van der Waals surface area contributed by atoms with Crippen LogP contribution in [-0.4, -0.2) is 31.8 Å². The van der Waals surface area contributed by atoms with Crippen LogP contribution in [0, 0.1) is 13.8 Å². The smallest absolute Gasteiger partial charge is 0.277 e. The van der Waals surface area contributed by atoms with Gasteiger partial charge in [0.15, 0.2) is 5.13 Å². The number of hydrogen-bond acceptors (Lipinski definition) is 9. The molecule has 1 amide bonds.